The van der Waals surface area contributed by atoms with Gasteiger partial charge in [-0.25, -0.2) is 4.39 Å². The van der Waals surface area contributed by atoms with E-state index in [2.05, 4.69) is 32.9 Å². The summed E-state index contributed by atoms with van der Waals surface area (Å²) in [7, 11) is 0. The van der Waals surface area contributed by atoms with Crippen LogP contribution in [0.25, 0.3) is 0 Å². The Morgan fingerprint density at radius 3 is 2.44 bits per heavy atom. The second kappa shape index (κ2) is 5.00. The molecule has 1 fully saturated rings. The van der Waals surface area contributed by atoms with Crippen LogP contribution in [0.3, 0.4) is 0 Å². The number of benzene rings is 1. The van der Waals surface area contributed by atoms with Gasteiger partial charge >= 0.3 is 0 Å². The van der Waals surface area contributed by atoms with Gasteiger partial charge in [-0.05, 0) is 63.1 Å². The van der Waals surface area contributed by atoms with Crippen molar-refractivity contribution >= 4 is 0 Å². The van der Waals surface area contributed by atoms with Gasteiger partial charge in [0.2, 0.25) is 0 Å². The van der Waals surface area contributed by atoms with Gasteiger partial charge in [0.05, 0.1) is 0 Å². The van der Waals surface area contributed by atoms with Crippen LogP contribution < -0.4 is 5.73 Å². The molecule has 1 saturated carbocycles. The lowest BCUT2D eigenvalue weighted by atomic mass is 9.78. The third-order valence-electron chi connectivity index (χ3n) is 4.16. The molecule has 1 aliphatic carbocycles. The maximum absolute atomic E-state index is 14.9. The van der Waals surface area contributed by atoms with Crippen molar-refractivity contribution in [2.75, 3.05) is 0 Å². The fraction of sp³-hybridized carbons (Fsp3) is 0.625. The zero-order valence-electron chi connectivity index (χ0n) is 11.7. The van der Waals surface area contributed by atoms with E-state index < -0.39 is 5.67 Å². The van der Waals surface area contributed by atoms with Gasteiger partial charge in [-0.15, -0.1) is 0 Å². The minimum absolute atomic E-state index is 0.0369. The van der Waals surface area contributed by atoms with Crippen molar-refractivity contribution in [2.24, 2.45) is 5.73 Å². The highest BCUT2D eigenvalue weighted by molar-refractivity contribution is 5.38. The average Bonchev–Trinajstić information content (AvgIpc) is 2.23. The molecule has 0 amide bonds. The van der Waals surface area contributed by atoms with E-state index in [9.17, 15) is 4.39 Å². The predicted octanol–water partition coefficient (Wildman–Crippen LogP) is 3.76. The number of hydrogen-bond donors (Lipinski definition) is 1. The summed E-state index contributed by atoms with van der Waals surface area (Å²) in [6.45, 7) is 6.26. The predicted molar refractivity (Wildman–Crippen MR) is 74.6 cm³/mol. The summed E-state index contributed by atoms with van der Waals surface area (Å²) in [6.07, 6.45) is 3.59. The van der Waals surface area contributed by atoms with Crippen LogP contribution in [0, 0.1) is 20.8 Å². The van der Waals surface area contributed by atoms with Gasteiger partial charge in [0, 0.05) is 12.5 Å². The lowest BCUT2D eigenvalue weighted by Crippen LogP contribution is -2.39. The van der Waals surface area contributed by atoms with E-state index >= 15 is 0 Å². The summed E-state index contributed by atoms with van der Waals surface area (Å²) in [5.41, 5.74) is 9.68. The zero-order chi connectivity index (χ0) is 13.3. The lowest BCUT2D eigenvalue weighted by Gasteiger charge is -2.34. The number of rotatable bonds is 2. The molecule has 0 heterocycles. The van der Waals surface area contributed by atoms with Crippen molar-refractivity contribution in [3.63, 3.8) is 0 Å². The Morgan fingerprint density at radius 1 is 1.28 bits per heavy atom. The highest BCUT2D eigenvalue weighted by Gasteiger charge is 2.35. The molecule has 0 bridgehead atoms. The molecule has 2 unspecified atom stereocenters. The summed E-state index contributed by atoms with van der Waals surface area (Å²) >= 11 is 0. The fourth-order valence-electron chi connectivity index (χ4n) is 3.32. The largest absolute Gasteiger partial charge is 0.328 e. The molecule has 2 heteroatoms. The molecule has 2 atom stereocenters. The summed E-state index contributed by atoms with van der Waals surface area (Å²) in [6, 6.07) is 4.33. The van der Waals surface area contributed by atoms with Crippen molar-refractivity contribution in [1.29, 1.82) is 0 Å². The SMILES string of the molecule is Cc1cc(C)c(CC2(F)CCCC(N)C2)c(C)c1. The van der Waals surface area contributed by atoms with Crippen molar-refractivity contribution in [1.82, 2.24) is 0 Å². The van der Waals surface area contributed by atoms with E-state index in [0.717, 1.165) is 12.8 Å². The van der Waals surface area contributed by atoms with Gasteiger partial charge in [-0.1, -0.05) is 17.7 Å². The van der Waals surface area contributed by atoms with E-state index in [-0.39, 0.29) is 6.04 Å². The Hall–Kier alpha value is -0.890. The van der Waals surface area contributed by atoms with E-state index in [4.69, 9.17) is 5.73 Å². The maximum Gasteiger partial charge on any atom is 0.116 e. The molecule has 1 aromatic rings. The van der Waals surface area contributed by atoms with Gasteiger partial charge in [0.1, 0.15) is 5.67 Å². The highest BCUT2D eigenvalue weighted by atomic mass is 19.1. The van der Waals surface area contributed by atoms with Gasteiger partial charge in [0.15, 0.2) is 0 Å². The summed E-state index contributed by atoms with van der Waals surface area (Å²) in [5.74, 6) is 0. The van der Waals surface area contributed by atoms with E-state index in [1.165, 1.54) is 22.3 Å². The smallest absolute Gasteiger partial charge is 0.116 e. The quantitative estimate of drug-likeness (QED) is 0.848. The van der Waals surface area contributed by atoms with Crippen LogP contribution in [0.4, 0.5) is 4.39 Å². The Kier molecular flexibility index (Phi) is 3.76. The van der Waals surface area contributed by atoms with Crippen molar-refractivity contribution in [2.45, 2.75) is 64.6 Å². The lowest BCUT2D eigenvalue weighted by molar-refractivity contribution is 0.0961. The van der Waals surface area contributed by atoms with Gasteiger partial charge < -0.3 is 5.73 Å². The molecule has 0 spiro atoms. The van der Waals surface area contributed by atoms with Crippen molar-refractivity contribution in [3.05, 3.63) is 34.4 Å². The van der Waals surface area contributed by atoms with Crippen LogP contribution in [0.5, 0.6) is 0 Å². The number of halogens is 1. The first-order chi connectivity index (χ1) is 8.39. The third kappa shape index (κ3) is 2.92. The van der Waals surface area contributed by atoms with Gasteiger partial charge in [-0.2, -0.15) is 0 Å². The van der Waals surface area contributed by atoms with Crippen molar-refractivity contribution in [3.8, 4) is 0 Å². The monoisotopic (exact) mass is 249 g/mol. The molecule has 0 saturated heterocycles. The normalized spacial score (nSPS) is 28.4. The Bertz CT molecular complexity index is 418. The molecular weight excluding hydrogens is 225 g/mol. The number of aryl methyl sites for hydroxylation is 3. The minimum atomic E-state index is -1.09. The van der Waals surface area contributed by atoms with Crippen LogP contribution in [0.1, 0.15) is 47.9 Å². The summed E-state index contributed by atoms with van der Waals surface area (Å²) in [4.78, 5) is 0. The molecule has 0 aromatic heterocycles. The molecule has 0 aliphatic heterocycles. The average molecular weight is 249 g/mol. The van der Waals surface area contributed by atoms with Crippen LogP contribution >= 0.6 is 0 Å². The van der Waals surface area contributed by atoms with E-state index in [0.29, 0.717) is 19.3 Å². The highest BCUT2D eigenvalue weighted by Crippen LogP contribution is 2.36. The number of alkyl halides is 1. The van der Waals surface area contributed by atoms with E-state index in [1.54, 1.807) is 0 Å². The molecule has 0 radical (unpaired) electrons. The Balaban J connectivity index is 2.23. The molecule has 18 heavy (non-hydrogen) atoms. The number of hydrogen-bond acceptors (Lipinski definition) is 1. The summed E-state index contributed by atoms with van der Waals surface area (Å²) in [5, 5.41) is 0. The first-order valence-corrected chi connectivity index (χ1v) is 6.91. The molecule has 1 nitrogen and oxygen atoms in total. The van der Waals surface area contributed by atoms with Crippen LogP contribution in [0.2, 0.25) is 0 Å². The number of nitrogens with two attached hydrogens (primary N) is 1. The second-order valence-electron chi connectivity index (χ2n) is 6.06. The summed E-state index contributed by atoms with van der Waals surface area (Å²) < 4.78 is 14.9. The molecule has 2 N–H and O–H groups in total. The first-order valence-electron chi connectivity index (χ1n) is 6.91. The minimum Gasteiger partial charge on any atom is -0.328 e. The van der Waals surface area contributed by atoms with E-state index in [1.807, 2.05) is 0 Å². The van der Waals surface area contributed by atoms with Crippen LogP contribution in [-0.2, 0) is 6.42 Å². The molecule has 1 aromatic carbocycles. The third-order valence-corrected chi connectivity index (χ3v) is 4.16. The zero-order valence-corrected chi connectivity index (χ0v) is 11.7. The van der Waals surface area contributed by atoms with Crippen LogP contribution in [0.15, 0.2) is 12.1 Å². The Labute approximate surface area is 110 Å². The van der Waals surface area contributed by atoms with Gasteiger partial charge in [-0.3, -0.25) is 0 Å². The first kappa shape index (κ1) is 13.5. The molecule has 1 aliphatic rings. The topological polar surface area (TPSA) is 26.0 Å². The molecule has 2 rings (SSSR count). The molecule has 100 valence electrons. The van der Waals surface area contributed by atoms with Crippen LogP contribution in [-0.4, -0.2) is 11.7 Å². The Morgan fingerprint density at radius 2 is 1.89 bits per heavy atom. The second-order valence-corrected chi connectivity index (χ2v) is 6.06. The maximum atomic E-state index is 14.9. The fourth-order valence-corrected chi connectivity index (χ4v) is 3.32. The molecular formula is C16H24FN. The van der Waals surface area contributed by atoms with Gasteiger partial charge in [0.25, 0.3) is 0 Å². The van der Waals surface area contributed by atoms with Crippen molar-refractivity contribution < 1.29 is 4.39 Å². The standard InChI is InChI=1S/C16H24FN/c1-11-7-12(2)15(13(3)8-11)10-16(17)6-4-5-14(18)9-16/h7-8,14H,4-6,9-10,18H2,1-3H3.